The normalized spacial score (nSPS) is 14.1. The van der Waals surface area contributed by atoms with Crippen molar-refractivity contribution < 1.29 is 9.59 Å². The van der Waals surface area contributed by atoms with Gasteiger partial charge in [-0.25, -0.2) is 4.68 Å². The molecule has 3 rings (SSSR count). The lowest BCUT2D eigenvalue weighted by atomic mass is 10.1. The summed E-state index contributed by atoms with van der Waals surface area (Å²) < 4.78 is 1.75. The number of nitrogens with one attached hydrogen (secondary N) is 1. The van der Waals surface area contributed by atoms with E-state index in [0.717, 1.165) is 16.5 Å². The molecule has 1 N–H and O–H groups in total. The maximum atomic E-state index is 12.0. The number of hydrogen-bond donors (Lipinski definition) is 1. The minimum absolute atomic E-state index is 0.151. The van der Waals surface area contributed by atoms with E-state index in [1.54, 1.807) is 16.4 Å². The van der Waals surface area contributed by atoms with Crippen molar-refractivity contribution in [2.75, 3.05) is 5.75 Å². The molecule has 0 atom stereocenters. The number of para-hydroxylation sites is 1. The number of imide groups is 1. The second kappa shape index (κ2) is 5.13. The van der Waals surface area contributed by atoms with E-state index in [2.05, 4.69) is 10.4 Å². The topological polar surface area (TPSA) is 64.0 Å². The van der Waals surface area contributed by atoms with Crippen molar-refractivity contribution >= 4 is 23.6 Å². The van der Waals surface area contributed by atoms with Crippen LogP contribution in [-0.4, -0.2) is 27.3 Å². The number of hydrogen-bond acceptors (Lipinski definition) is 4. The summed E-state index contributed by atoms with van der Waals surface area (Å²) in [6.07, 6.45) is 0.151. The number of nitrogens with zero attached hydrogens (tertiary/aromatic N) is 2. The zero-order valence-electron chi connectivity index (χ0n) is 10.9. The number of amides is 2. The Bertz CT molecular complexity index is 679. The molecule has 0 unspecified atom stereocenters. The summed E-state index contributed by atoms with van der Waals surface area (Å²) in [6.45, 7) is 2.02. The van der Waals surface area contributed by atoms with Crippen molar-refractivity contribution in [1.29, 1.82) is 0 Å². The molecule has 2 heterocycles. The lowest BCUT2D eigenvalue weighted by Crippen LogP contribution is -2.37. The SMILES string of the molecule is CCSc1c2c(nn1-c1ccccc1)CC(=O)NC2=O. The van der Waals surface area contributed by atoms with E-state index in [1.165, 1.54) is 0 Å². The first-order valence-corrected chi connectivity index (χ1v) is 7.33. The number of carbonyl (C=O) groups excluding carboxylic acids is 2. The fourth-order valence-electron chi connectivity index (χ4n) is 2.20. The Morgan fingerprint density at radius 2 is 2.05 bits per heavy atom. The van der Waals surface area contributed by atoms with Gasteiger partial charge in [-0.2, -0.15) is 5.10 Å². The standard InChI is InChI=1S/C14H13N3O2S/c1-2-20-14-12-10(8-11(18)15-13(12)19)16-17(14)9-6-4-3-5-7-9/h3-7H,2,8H2,1H3,(H,15,18,19). The van der Waals surface area contributed by atoms with E-state index in [1.807, 2.05) is 37.3 Å². The smallest absolute Gasteiger partial charge is 0.262 e. The number of aromatic nitrogens is 2. The van der Waals surface area contributed by atoms with Gasteiger partial charge in [0, 0.05) is 0 Å². The summed E-state index contributed by atoms with van der Waals surface area (Å²) in [5.74, 6) is 0.175. The van der Waals surface area contributed by atoms with Gasteiger partial charge < -0.3 is 0 Å². The predicted octanol–water partition coefficient (Wildman–Crippen LogP) is 1.80. The molecule has 0 saturated heterocycles. The second-order valence-electron chi connectivity index (χ2n) is 4.36. The number of rotatable bonds is 3. The van der Waals surface area contributed by atoms with Gasteiger partial charge in [0.1, 0.15) is 5.03 Å². The van der Waals surface area contributed by atoms with Gasteiger partial charge in [-0.05, 0) is 17.9 Å². The first kappa shape index (κ1) is 12.9. The molecule has 0 spiro atoms. The van der Waals surface area contributed by atoms with Gasteiger partial charge in [0.15, 0.2) is 0 Å². The fraction of sp³-hybridized carbons (Fsp3) is 0.214. The van der Waals surface area contributed by atoms with Gasteiger partial charge in [-0.3, -0.25) is 14.9 Å². The quantitative estimate of drug-likeness (QED) is 0.690. The number of carbonyl (C=O) groups is 2. The van der Waals surface area contributed by atoms with E-state index >= 15 is 0 Å². The first-order chi connectivity index (χ1) is 9.70. The summed E-state index contributed by atoms with van der Waals surface area (Å²) in [7, 11) is 0. The molecule has 102 valence electrons. The largest absolute Gasteiger partial charge is 0.292 e. The minimum atomic E-state index is -0.352. The third-order valence-corrected chi connectivity index (χ3v) is 3.94. The van der Waals surface area contributed by atoms with Crippen LogP contribution in [0.3, 0.4) is 0 Å². The van der Waals surface area contributed by atoms with Crippen LogP contribution in [0.25, 0.3) is 5.69 Å². The lowest BCUT2D eigenvalue weighted by molar-refractivity contribution is -0.119. The fourth-order valence-corrected chi connectivity index (χ4v) is 3.09. The third kappa shape index (κ3) is 2.12. The highest BCUT2D eigenvalue weighted by Gasteiger charge is 2.30. The van der Waals surface area contributed by atoms with Crippen LogP contribution in [0.5, 0.6) is 0 Å². The van der Waals surface area contributed by atoms with Crippen LogP contribution in [-0.2, 0) is 11.2 Å². The molecule has 0 bridgehead atoms. The maximum absolute atomic E-state index is 12.0. The summed E-state index contributed by atoms with van der Waals surface area (Å²) in [6, 6.07) is 9.62. The van der Waals surface area contributed by atoms with Crippen LogP contribution < -0.4 is 5.32 Å². The zero-order chi connectivity index (χ0) is 14.1. The Balaban J connectivity index is 2.18. The van der Waals surface area contributed by atoms with Crippen molar-refractivity contribution in [1.82, 2.24) is 15.1 Å². The summed E-state index contributed by atoms with van der Waals surface area (Å²) in [5.41, 5.74) is 1.97. The molecule has 0 radical (unpaired) electrons. The Morgan fingerprint density at radius 3 is 2.75 bits per heavy atom. The molecule has 1 aliphatic rings. The third-order valence-electron chi connectivity index (χ3n) is 3.01. The van der Waals surface area contributed by atoms with Crippen LogP contribution in [0.15, 0.2) is 35.4 Å². The maximum Gasteiger partial charge on any atom is 0.262 e. The zero-order valence-corrected chi connectivity index (χ0v) is 11.7. The Hall–Kier alpha value is -2.08. The van der Waals surface area contributed by atoms with Gasteiger partial charge in [-0.15, -0.1) is 11.8 Å². The van der Waals surface area contributed by atoms with Crippen molar-refractivity contribution in [3.8, 4) is 5.69 Å². The summed E-state index contributed by atoms with van der Waals surface area (Å²) >= 11 is 1.55. The van der Waals surface area contributed by atoms with Crippen LogP contribution >= 0.6 is 11.8 Å². The molecule has 0 aliphatic carbocycles. The average Bonchev–Trinajstić information content (AvgIpc) is 2.79. The molecule has 1 aromatic heterocycles. The van der Waals surface area contributed by atoms with Gasteiger partial charge in [0.25, 0.3) is 5.91 Å². The van der Waals surface area contributed by atoms with Gasteiger partial charge in [0.05, 0.1) is 23.4 Å². The number of benzene rings is 1. The molecule has 2 amide bonds. The van der Waals surface area contributed by atoms with E-state index in [-0.39, 0.29) is 18.2 Å². The molecule has 6 heteroatoms. The molecule has 1 aliphatic heterocycles. The Kier molecular flexibility index (Phi) is 3.31. The van der Waals surface area contributed by atoms with Crippen LogP contribution in [0.4, 0.5) is 0 Å². The second-order valence-corrected chi connectivity index (χ2v) is 5.61. The highest BCUT2D eigenvalue weighted by Crippen LogP contribution is 2.30. The molecule has 1 aromatic carbocycles. The van der Waals surface area contributed by atoms with Crippen LogP contribution in [0.1, 0.15) is 23.0 Å². The predicted molar refractivity (Wildman–Crippen MR) is 76.1 cm³/mol. The highest BCUT2D eigenvalue weighted by atomic mass is 32.2. The van der Waals surface area contributed by atoms with Crippen molar-refractivity contribution in [2.45, 2.75) is 18.4 Å². The van der Waals surface area contributed by atoms with Gasteiger partial charge in [-0.1, -0.05) is 25.1 Å². The average molecular weight is 287 g/mol. The van der Waals surface area contributed by atoms with Crippen LogP contribution in [0.2, 0.25) is 0 Å². The van der Waals surface area contributed by atoms with Crippen LogP contribution in [0, 0.1) is 0 Å². The molecule has 5 nitrogen and oxygen atoms in total. The summed E-state index contributed by atoms with van der Waals surface area (Å²) in [5, 5.41) is 7.60. The number of fused-ring (bicyclic) bond motifs is 1. The Labute approximate surface area is 120 Å². The molecular formula is C14H13N3O2S. The van der Waals surface area contributed by atoms with E-state index in [9.17, 15) is 9.59 Å². The molecular weight excluding hydrogens is 274 g/mol. The molecule has 2 aromatic rings. The van der Waals surface area contributed by atoms with Crippen molar-refractivity contribution in [2.24, 2.45) is 0 Å². The highest BCUT2D eigenvalue weighted by molar-refractivity contribution is 7.99. The van der Waals surface area contributed by atoms with E-state index in [0.29, 0.717) is 11.3 Å². The molecule has 20 heavy (non-hydrogen) atoms. The van der Waals surface area contributed by atoms with E-state index in [4.69, 9.17) is 0 Å². The Morgan fingerprint density at radius 1 is 1.30 bits per heavy atom. The minimum Gasteiger partial charge on any atom is -0.292 e. The van der Waals surface area contributed by atoms with Crippen molar-refractivity contribution in [3.63, 3.8) is 0 Å². The van der Waals surface area contributed by atoms with Gasteiger partial charge >= 0.3 is 0 Å². The monoisotopic (exact) mass is 287 g/mol. The summed E-state index contributed by atoms with van der Waals surface area (Å²) in [4.78, 5) is 23.5. The molecule has 0 saturated carbocycles. The van der Waals surface area contributed by atoms with E-state index < -0.39 is 0 Å². The lowest BCUT2D eigenvalue weighted by Gasteiger charge is -2.11. The first-order valence-electron chi connectivity index (χ1n) is 6.35. The van der Waals surface area contributed by atoms with Crippen molar-refractivity contribution in [3.05, 3.63) is 41.6 Å². The molecule has 0 fully saturated rings. The number of thioether (sulfide) groups is 1. The van der Waals surface area contributed by atoms with Gasteiger partial charge in [0.2, 0.25) is 5.91 Å².